The molecule has 0 aliphatic heterocycles. The van der Waals surface area contributed by atoms with Crippen molar-refractivity contribution in [3.63, 3.8) is 0 Å². The summed E-state index contributed by atoms with van der Waals surface area (Å²) in [5.41, 5.74) is 4.04. The average molecular weight is 297 g/mol. The van der Waals surface area contributed by atoms with Gasteiger partial charge in [-0.3, -0.25) is 0 Å². The number of rotatable bonds is 4. The fourth-order valence-corrected chi connectivity index (χ4v) is 4.70. The quantitative estimate of drug-likeness (QED) is 0.644. The van der Waals surface area contributed by atoms with Crippen molar-refractivity contribution < 1.29 is 0 Å². The van der Waals surface area contributed by atoms with Crippen LogP contribution in [0.1, 0.15) is 41.3 Å². The summed E-state index contributed by atoms with van der Waals surface area (Å²) in [5, 5.41) is 0.228. The van der Waals surface area contributed by atoms with Crippen LogP contribution in [0.4, 0.5) is 0 Å². The van der Waals surface area contributed by atoms with Crippen molar-refractivity contribution in [3.8, 4) is 0 Å². The fraction of sp³-hybridized carbons (Fsp3) is 0.400. The number of benzene rings is 2. The Morgan fingerprint density at radius 2 is 1.48 bits per heavy atom. The summed E-state index contributed by atoms with van der Waals surface area (Å²) in [6.07, 6.45) is 5.24. The van der Waals surface area contributed by atoms with Gasteiger partial charge in [-0.05, 0) is 53.7 Å². The van der Waals surface area contributed by atoms with E-state index in [1.165, 1.54) is 36.0 Å². The first-order chi connectivity index (χ1) is 10.3. The van der Waals surface area contributed by atoms with Gasteiger partial charge < -0.3 is 0 Å². The van der Waals surface area contributed by atoms with Crippen molar-refractivity contribution in [2.24, 2.45) is 17.8 Å². The lowest BCUT2D eigenvalue weighted by Gasteiger charge is -2.12. The van der Waals surface area contributed by atoms with Gasteiger partial charge in [0.05, 0.1) is 5.38 Å². The van der Waals surface area contributed by atoms with E-state index in [4.69, 9.17) is 11.6 Å². The molecule has 0 radical (unpaired) electrons. The molecule has 0 aromatic heterocycles. The molecule has 4 rings (SSSR count). The van der Waals surface area contributed by atoms with E-state index in [-0.39, 0.29) is 5.38 Å². The van der Waals surface area contributed by atoms with E-state index in [2.05, 4.69) is 54.6 Å². The third-order valence-corrected chi connectivity index (χ3v) is 5.90. The largest absolute Gasteiger partial charge is 0.117 e. The van der Waals surface area contributed by atoms with Gasteiger partial charge in [-0.1, -0.05) is 61.0 Å². The highest BCUT2D eigenvalue weighted by molar-refractivity contribution is 6.21. The molecular weight excluding hydrogens is 276 g/mol. The van der Waals surface area contributed by atoms with E-state index >= 15 is 0 Å². The number of fused-ring (bicyclic) bond motifs is 1. The minimum atomic E-state index is 0.228. The Morgan fingerprint density at radius 1 is 0.857 bits per heavy atom. The lowest BCUT2D eigenvalue weighted by molar-refractivity contribution is 0.573. The van der Waals surface area contributed by atoms with Gasteiger partial charge in [-0.25, -0.2) is 0 Å². The zero-order valence-electron chi connectivity index (χ0n) is 12.2. The van der Waals surface area contributed by atoms with Gasteiger partial charge in [0.1, 0.15) is 0 Å². The van der Waals surface area contributed by atoms with Gasteiger partial charge in [0.15, 0.2) is 0 Å². The highest BCUT2D eigenvalue weighted by atomic mass is 35.5. The Hall–Kier alpha value is -1.27. The van der Waals surface area contributed by atoms with E-state index in [1.807, 2.05) is 0 Å². The van der Waals surface area contributed by atoms with E-state index in [0.717, 1.165) is 24.2 Å². The first-order valence-corrected chi connectivity index (χ1v) is 8.53. The Balaban J connectivity index is 1.44. The van der Waals surface area contributed by atoms with Gasteiger partial charge >= 0.3 is 0 Å². The monoisotopic (exact) mass is 296 g/mol. The normalized spacial score (nSPS) is 28.1. The number of halogens is 1. The van der Waals surface area contributed by atoms with Crippen LogP contribution in [0.3, 0.4) is 0 Å². The summed E-state index contributed by atoms with van der Waals surface area (Å²) < 4.78 is 0. The van der Waals surface area contributed by atoms with Crippen molar-refractivity contribution in [1.82, 2.24) is 0 Å². The molecule has 1 heteroatoms. The lowest BCUT2D eigenvalue weighted by atomic mass is 9.99. The van der Waals surface area contributed by atoms with Gasteiger partial charge in [-0.15, -0.1) is 11.6 Å². The molecule has 2 aromatic carbocycles. The second-order valence-corrected chi connectivity index (χ2v) is 7.11. The van der Waals surface area contributed by atoms with Gasteiger partial charge in [-0.2, -0.15) is 0 Å². The second-order valence-electron chi connectivity index (χ2n) is 6.64. The molecule has 3 unspecified atom stereocenters. The fourth-order valence-electron chi connectivity index (χ4n) is 4.18. The van der Waals surface area contributed by atoms with Crippen LogP contribution < -0.4 is 0 Å². The van der Waals surface area contributed by atoms with Crippen LogP contribution in [0.25, 0.3) is 0 Å². The van der Waals surface area contributed by atoms with Crippen LogP contribution in [0.2, 0.25) is 0 Å². The maximum atomic E-state index is 6.72. The minimum absolute atomic E-state index is 0.228. The summed E-state index contributed by atoms with van der Waals surface area (Å²) in [4.78, 5) is 0. The molecule has 0 N–H and O–H groups in total. The first-order valence-electron chi connectivity index (χ1n) is 8.10. The molecule has 0 amide bonds. The molecule has 108 valence electrons. The minimum Gasteiger partial charge on any atom is -0.117 e. The Kier molecular flexibility index (Phi) is 3.51. The van der Waals surface area contributed by atoms with Crippen molar-refractivity contribution in [2.75, 3.05) is 0 Å². The van der Waals surface area contributed by atoms with Crippen LogP contribution >= 0.6 is 11.6 Å². The van der Waals surface area contributed by atoms with E-state index in [9.17, 15) is 0 Å². The molecule has 2 saturated carbocycles. The molecular formula is C20H21Cl. The molecule has 0 saturated heterocycles. The van der Waals surface area contributed by atoms with Crippen LogP contribution in [0, 0.1) is 17.8 Å². The third kappa shape index (κ3) is 2.62. The number of hydrogen-bond acceptors (Lipinski definition) is 0. The van der Waals surface area contributed by atoms with Crippen molar-refractivity contribution in [1.29, 1.82) is 0 Å². The highest BCUT2D eigenvalue weighted by Gasteiger charge is 2.55. The maximum absolute atomic E-state index is 6.72. The SMILES string of the molecule is ClC(c1ccc(Cc2ccccc2)cc1)C1C2CCCC21. The standard InChI is InChI=1S/C20H21Cl/c21-20(19-17-7-4-8-18(17)19)16-11-9-15(10-12-16)13-14-5-2-1-3-6-14/h1-3,5-6,9-12,17-20H,4,7-8,13H2. The van der Waals surface area contributed by atoms with Crippen molar-refractivity contribution in [3.05, 3.63) is 71.3 Å². The number of hydrogen-bond donors (Lipinski definition) is 0. The van der Waals surface area contributed by atoms with Crippen LogP contribution in [0.5, 0.6) is 0 Å². The van der Waals surface area contributed by atoms with Crippen LogP contribution in [-0.2, 0) is 6.42 Å². The maximum Gasteiger partial charge on any atom is 0.0618 e. The molecule has 0 nitrogen and oxygen atoms in total. The van der Waals surface area contributed by atoms with E-state index < -0.39 is 0 Å². The first kappa shape index (κ1) is 13.4. The molecule has 2 aliphatic rings. The predicted molar refractivity (Wildman–Crippen MR) is 88.6 cm³/mol. The molecule has 2 fully saturated rings. The summed E-state index contributed by atoms with van der Waals surface area (Å²) in [7, 11) is 0. The summed E-state index contributed by atoms with van der Waals surface area (Å²) in [5.74, 6) is 2.60. The van der Waals surface area contributed by atoms with Gasteiger partial charge in [0.25, 0.3) is 0 Å². The summed E-state index contributed by atoms with van der Waals surface area (Å²) in [6, 6.07) is 19.6. The van der Waals surface area contributed by atoms with E-state index in [0.29, 0.717) is 0 Å². The third-order valence-electron chi connectivity index (χ3n) is 5.36. The Labute approximate surface area is 132 Å². The van der Waals surface area contributed by atoms with Crippen molar-refractivity contribution in [2.45, 2.75) is 31.1 Å². The molecule has 0 spiro atoms. The van der Waals surface area contributed by atoms with Crippen molar-refractivity contribution >= 4 is 11.6 Å². The van der Waals surface area contributed by atoms with Crippen LogP contribution in [0.15, 0.2) is 54.6 Å². The summed E-state index contributed by atoms with van der Waals surface area (Å²) >= 11 is 6.72. The topological polar surface area (TPSA) is 0 Å². The molecule has 2 aliphatic carbocycles. The predicted octanol–water partition coefficient (Wildman–Crippen LogP) is 5.60. The molecule has 3 atom stereocenters. The van der Waals surface area contributed by atoms with E-state index in [1.54, 1.807) is 0 Å². The smallest absolute Gasteiger partial charge is 0.0618 e. The molecule has 2 aromatic rings. The van der Waals surface area contributed by atoms with Gasteiger partial charge in [0.2, 0.25) is 0 Å². The number of alkyl halides is 1. The average Bonchev–Trinajstić information content (AvgIpc) is 3.00. The molecule has 21 heavy (non-hydrogen) atoms. The van der Waals surface area contributed by atoms with Gasteiger partial charge in [0, 0.05) is 0 Å². The highest BCUT2D eigenvalue weighted by Crippen LogP contribution is 2.63. The Morgan fingerprint density at radius 3 is 2.14 bits per heavy atom. The molecule has 0 heterocycles. The zero-order valence-corrected chi connectivity index (χ0v) is 13.0. The Bertz CT molecular complexity index is 591. The van der Waals surface area contributed by atoms with Crippen LogP contribution in [-0.4, -0.2) is 0 Å². The zero-order chi connectivity index (χ0) is 14.2. The summed E-state index contributed by atoms with van der Waals surface area (Å²) in [6.45, 7) is 0. The second kappa shape index (κ2) is 5.50. The molecule has 0 bridgehead atoms. The lowest BCUT2D eigenvalue weighted by Crippen LogP contribution is -1.99.